The van der Waals surface area contributed by atoms with Crippen LogP contribution in [0.5, 0.6) is 5.75 Å². The number of aliphatic hydroxyl groups excluding tert-OH is 3. The number of benzene rings is 1. The monoisotopic (exact) mass is 254 g/mol. The molecule has 5 heteroatoms. The highest BCUT2D eigenvalue weighted by atomic mass is 16.3. The maximum absolute atomic E-state index is 11.6. The second-order valence-corrected chi connectivity index (χ2v) is 4.08. The van der Waals surface area contributed by atoms with Gasteiger partial charge in [0, 0.05) is 13.0 Å². The Morgan fingerprint density at radius 3 is 2.56 bits per heavy atom. The summed E-state index contributed by atoms with van der Waals surface area (Å²) in [5.41, 5.74) is 0.468. The van der Waals surface area contributed by atoms with Gasteiger partial charge < -0.3 is 20.4 Å². The summed E-state index contributed by atoms with van der Waals surface area (Å²) in [5, 5.41) is 37.7. The van der Waals surface area contributed by atoms with Crippen LogP contribution >= 0.6 is 0 Å². The van der Waals surface area contributed by atoms with E-state index in [1.807, 2.05) is 0 Å². The smallest absolute Gasteiger partial charge is 0.166 e. The van der Waals surface area contributed by atoms with Crippen molar-refractivity contribution in [2.45, 2.75) is 32.0 Å². The van der Waals surface area contributed by atoms with Crippen molar-refractivity contribution < 1.29 is 25.2 Å². The van der Waals surface area contributed by atoms with Gasteiger partial charge in [-0.3, -0.25) is 4.79 Å². The van der Waals surface area contributed by atoms with E-state index in [9.17, 15) is 20.1 Å². The molecule has 0 fully saturated rings. The van der Waals surface area contributed by atoms with Crippen LogP contribution in [0.3, 0.4) is 0 Å². The SMILES string of the molecule is CCC(=O)c1cc(C(O)C(O)CCO)ccc1O. The van der Waals surface area contributed by atoms with Crippen molar-refractivity contribution in [2.24, 2.45) is 0 Å². The molecule has 1 aromatic carbocycles. The molecule has 0 heterocycles. The largest absolute Gasteiger partial charge is 0.507 e. The van der Waals surface area contributed by atoms with Gasteiger partial charge in [-0.05, 0) is 24.1 Å². The molecule has 0 bridgehead atoms. The number of ketones is 1. The van der Waals surface area contributed by atoms with Crippen LogP contribution in [0.2, 0.25) is 0 Å². The minimum absolute atomic E-state index is 0.0408. The Morgan fingerprint density at radius 1 is 1.33 bits per heavy atom. The average molecular weight is 254 g/mol. The molecule has 0 radical (unpaired) electrons. The Hall–Kier alpha value is -1.43. The summed E-state index contributed by atoms with van der Waals surface area (Å²) in [7, 11) is 0. The molecule has 0 spiro atoms. The molecule has 4 N–H and O–H groups in total. The van der Waals surface area contributed by atoms with Crippen LogP contribution in [-0.2, 0) is 0 Å². The Kier molecular flexibility index (Phi) is 5.27. The van der Waals surface area contributed by atoms with Gasteiger partial charge in [0.25, 0.3) is 0 Å². The summed E-state index contributed by atoms with van der Waals surface area (Å²) in [5.74, 6) is -0.382. The molecule has 0 amide bonds. The number of aromatic hydroxyl groups is 1. The lowest BCUT2D eigenvalue weighted by Gasteiger charge is -2.18. The van der Waals surface area contributed by atoms with Gasteiger partial charge in [0.15, 0.2) is 5.78 Å². The van der Waals surface area contributed by atoms with Crippen molar-refractivity contribution >= 4 is 5.78 Å². The summed E-state index contributed by atoms with van der Waals surface area (Å²) in [4.78, 5) is 11.6. The Bertz CT molecular complexity index is 416. The maximum Gasteiger partial charge on any atom is 0.166 e. The summed E-state index contributed by atoms with van der Waals surface area (Å²) in [6.45, 7) is 1.43. The number of phenols is 1. The highest BCUT2D eigenvalue weighted by Crippen LogP contribution is 2.26. The first-order valence-corrected chi connectivity index (χ1v) is 5.84. The molecular weight excluding hydrogens is 236 g/mol. The average Bonchev–Trinajstić information content (AvgIpc) is 2.38. The predicted octanol–water partition coefficient (Wildman–Crippen LogP) is 0.762. The predicted molar refractivity (Wildman–Crippen MR) is 65.4 cm³/mol. The minimum atomic E-state index is -1.19. The zero-order valence-electron chi connectivity index (χ0n) is 10.2. The van der Waals surface area contributed by atoms with E-state index in [1.54, 1.807) is 6.92 Å². The molecule has 100 valence electrons. The first-order chi connectivity index (χ1) is 8.51. The van der Waals surface area contributed by atoms with Gasteiger partial charge in [0.05, 0.1) is 11.7 Å². The van der Waals surface area contributed by atoms with Gasteiger partial charge >= 0.3 is 0 Å². The zero-order chi connectivity index (χ0) is 13.7. The van der Waals surface area contributed by atoms with E-state index in [-0.39, 0.29) is 36.5 Å². The van der Waals surface area contributed by atoms with Gasteiger partial charge in [-0.15, -0.1) is 0 Å². The Balaban J connectivity index is 3.00. The van der Waals surface area contributed by atoms with E-state index in [0.29, 0.717) is 5.56 Å². The number of carbonyl (C=O) groups excluding carboxylic acids is 1. The lowest BCUT2D eigenvalue weighted by Crippen LogP contribution is -2.19. The topological polar surface area (TPSA) is 98.0 Å². The van der Waals surface area contributed by atoms with Crippen molar-refractivity contribution in [3.05, 3.63) is 29.3 Å². The molecule has 1 aromatic rings. The molecular formula is C13H18O5. The first kappa shape index (κ1) is 14.6. The molecule has 0 aromatic heterocycles. The molecule has 0 aliphatic carbocycles. The van der Waals surface area contributed by atoms with Gasteiger partial charge in [0.1, 0.15) is 11.9 Å². The van der Waals surface area contributed by atoms with Crippen molar-refractivity contribution in [1.82, 2.24) is 0 Å². The molecule has 5 nitrogen and oxygen atoms in total. The fourth-order valence-electron chi connectivity index (χ4n) is 1.66. The second-order valence-electron chi connectivity index (χ2n) is 4.08. The molecule has 2 unspecified atom stereocenters. The lowest BCUT2D eigenvalue weighted by atomic mass is 9.97. The van der Waals surface area contributed by atoms with Crippen molar-refractivity contribution in [1.29, 1.82) is 0 Å². The number of Topliss-reactive ketones (excluding diaryl/α,β-unsaturated/α-hetero) is 1. The summed E-state index contributed by atoms with van der Waals surface area (Å²) < 4.78 is 0. The fraction of sp³-hybridized carbons (Fsp3) is 0.462. The second kappa shape index (κ2) is 6.49. The third-order valence-corrected chi connectivity index (χ3v) is 2.77. The Morgan fingerprint density at radius 2 is 2.00 bits per heavy atom. The van der Waals surface area contributed by atoms with Crippen LogP contribution in [0.1, 0.15) is 41.8 Å². The van der Waals surface area contributed by atoms with E-state index >= 15 is 0 Å². The van der Waals surface area contributed by atoms with Gasteiger partial charge in [0.2, 0.25) is 0 Å². The Labute approximate surface area is 105 Å². The number of aliphatic hydroxyl groups is 3. The molecule has 0 saturated heterocycles. The van der Waals surface area contributed by atoms with Gasteiger partial charge in [-0.1, -0.05) is 13.0 Å². The first-order valence-electron chi connectivity index (χ1n) is 5.84. The summed E-state index contributed by atoms with van der Waals surface area (Å²) >= 11 is 0. The number of hydrogen-bond acceptors (Lipinski definition) is 5. The van der Waals surface area contributed by atoms with Crippen molar-refractivity contribution in [3.8, 4) is 5.75 Å². The third-order valence-electron chi connectivity index (χ3n) is 2.77. The number of hydrogen-bond donors (Lipinski definition) is 4. The zero-order valence-corrected chi connectivity index (χ0v) is 10.2. The normalized spacial score (nSPS) is 14.2. The van der Waals surface area contributed by atoms with E-state index in [1.165, 1.54) is 18.2 Å². The van der Waals surface area contributed by atoms with E-state index in [0.717, 1.165) is 0 Å². The molecule has 0 saturated carbocycles. The van der Waals surface area contributed by atoms with Crippen LogP contribution in [0.4, 0.5) is 0 Å². The standard InChI is InChI=1S/C13H18O5/c1-2-10(15)9-7-8(3-4-11(9)16)13(18)12(17)5-6-14/h3-4,7,12-14,16-18H,2,5-6H2,1H3. The molecule has 0 aliphatic heterocycles. The lowest BCUT2D eigenvalue weighted by molar-refractivity contribution is 0.00416. The highest BCUT2D eigenvalue weighted by Gasteiger charge is 2.20. The number of rotatable bonds is 6. The van der Waals surface area contributed by atoms with Crippen molar-refractivity contribution in [3.63, 3.8) is 0 Å². The van der Waals surface area contributed by atoms with Crippen molar-refractivity contribution in [2.75, 3.05) is 6.61 Å². The summed E-state index contributed by atoms with van der Waals surface area (Å²) in [6.07, 6.45) is -2.02. The van der Waals surface area contributed by atoms with E-state index in [4.69, 9.17) is 5.11 Å². The molecule has 1 rings (SSSR count). The fourth-order valence-corrected chi connectivity index (χ4v) is 1.66. The van der Waals surface area contributed by atoms with E-state index in [2.05, 4.69) is 0 Å². The molecule has 18 heavy (non-hydrogen) atoms. The maximum atomic E-state index is 11.6. The number of phenolic OH excluding ortho intramolecular Hbond substituents is 1. The third kappa shape index (κ3) is 3.29. The van der Waals surface area contributed by atoms with Crippen LogP contribution in [0, 0.1) is 0 Å². The van der Waals surface area contributed by atoms with Crippen LogP contribution in [-0.4, -0.2) is 38.9 Å². The number of carbonyl (C=O) groups is 1. The molecule has 2 atom stereocenters. The van der Waals surface area contributed by atoms with Crippen LogP contribution in [0.15, 0.2) is 18.2 Å². The molecule has 0 aliphatic rings. The highest BCUT2D eigenvalue weighted by molar-refractivity contribution is 5.98. The minimum Gasteiger partial charge on any atom is -0.507 e. The van der Waals surface area contributed by atoms with Crippen LogP contribution in [0.25, 0.3) is 0 Å². The van der Waals surface area contributed by atoms with Gasteiger partial charge in [-0.25, -0.2) is 0 Å². The van der Waals surface area contributed by atoms with E-state index < -0.39 is 12.2 Å². The quantitative estimate of drug-likeness (QED) is 0.562. The van der Waals surface area contributed by atoms with Gasteiger partial charge in [-0.2, -0.15) is 0 Å². The van der Waals surface area contributed by atoms with Crippen LogP contribution < -0.4 is 0 Å². The summed E-state index contributed by atoms with van der Waals surface area (Å²) in [6, 6.07) is 4.12.